The summed E-state index contributed by atoms with van der Waals surface area (Å²) in [6.45, 7) is 5.28. The minimum atomic E-state index is -0.261. The molecule has 0 bridgehead atoms. The van der Waals surface area contributed by atoms with Crippen LogP contribution in [-0.4, -0.2) is 33.5 Å². The van der Waals surface area contributed by atoms with Crippen molar-refractivity contribution in [3.8, 4) is 17.3 Å². The van der Waals surface area contributed by atoms with Gasteiger partial charge in [0.15, 0.2) is 5.82 Å². The Bertz CT molecular complexity index is 1000. The second-order valence-electron chi connectivity index (χ2n) is 7.14. The third-order valence-corrected chi connectivity index (χ3v) is 4.82. The zero-order valence-corrected chi connectivity index (χ0v) is 17.1. The quantitative estimate of drug-likeness (QED) is 0.628. The Morgan fingerprint density at radius 1 is 1.30 bits per heavy atom. The van der Waals surface area contributed by atoms with Crippen molar-refractivity contribution in [2.75, 3.05) is 6.61 Å². The van der Waals surface area contributed by atoms with Crippen molar-refractivity contribution in [3.05, 3.63) is 65.6 Å². The summed E-state index contributed by atoms with van der Waals surface area (Å²) in [5, 5.41) is 9.88. The van der Waals surface area contributed by atoms with Crippen LogP contribution in [0.15, 0.2) is 48.9 Å². The molecule has 1 aromatic carbocycles. The van der Waals surface area contributed by atoms with Crippen LogP contribution >= 0.6 is 0 Å². The first-order valence-corrected chi connectivity index (χ1v) is 10.0. The molecule has 0 unspecified atom stereocenters. The third kappa shape index (κ3) is 4.53. The molecule has 4 rings (SSSR count). The van der Waals surface area contributed by atoms with E-state index in [0.29, 0.717) is 19.7 Å². The predicted molar refractivity (Wildman–Crippen MR) is 112 cm³/mol. The monoisotopic (exact) mass is 407 g/mol. The lowest BCUT2D eigenvalue weighted by atomic mass is 10.1. The Morgan fingerprint density at radius 3 is 2.90 bits per heavy atom. The Hall–Kier alpha value is -3.55. The van der Waals surface area contributed by atoms with Crippen molar-refractivity contribution in [3.63, 3.8) is 0 Å². The number of aromatic nitrogens is 3. The minimum absolute atomic E-state index is 0.161. The number of ether oxygens (including phenoxy) is 2. The fourth-order valence-corrected chi connectivity index (χ4v) is 3.39. The van der Waals surface area contributed by atoms with Crippen LogP contribution in [0, 0.1) is 0 Å². The maximum absolute atomic E-state index is 12.3. The first-order valence-electron chi connectivity index (χ1n) is 10.0. The lowest BCUT2D eigenvalue weighted by molar-refractivity contribution is 0.239. The number of hydrogen-bond acceptors (Lipinski definition) is 5. The lowest BCUT2D eigenvalue weighted by Crippen LogP contribution is -2.34. The fourth-order valence-electron chi connectivity index (χ4n) is 3.39. The number of nitrogens with zero attached hydrogens (tertiary/aromatic N) is 3. The van der Waals surface area contributed by atoms with Gasteiger partial charge in [-0.25, -0.2) is 14.5 Å². The van der Waals surface area contributed by atoms with Crippen LogP contribution in [0.5, 0.6) is 11.5 Å². The molecule has 0 radical (unpaired) electrons. The molecule has 0 fully saturated rings. The number of rotatable bonds is 7. The highest BCUT2D eigenvalue weighted by atomic mass is 16.5. The highest BCUT2D eigenvalue weighted by Gasteiger charge is 2.22. The van der Waals surface area contributed by atoms with Crippen LogP contribution in [0.4, 0.5) is 4.79 Å². The van der Waals surface area contributed by atoms with Crippen molar-refractivity contribution < 1.29 is 14.3 Å². The van der Waals surface area contributed by atoms with E-state index in [-0.39, 0.29) is 12.1 Å². The molecule has 2 amide bonds. The Labute approximate surface area is 175 Å². The number of hydrogen-bond donors (Lipinski definition) is 2. The summed E-state index contributed by atoms with van der Waals surface area (Å²) in [7, 11) is 0. The summed E-state index contributed by atoms with van der Waals surface area (Å²) >= 11 is 0. The largest absolute Gasteiger partial charge is 0.494 e. The molecule has 0 aliphatic carbocycles. The maximum atomic E-state index is 12.3. The Morgan fingerprint density at radius 2 is 2.17 bits per heavy atom. The number of carbonyl (C=O) groups excluding carboxylic acids is 1. The molecule has 0 saturated heterocycles. The molecule has 8 nitrogen and oxygen atoms in total. The summed E-state index contributed by atoms with van der Waals surface area (Å²) < 4.78 is 13.3. The molecule has 8 heteroatoms. The average molecular weight is 407 g/mol. The molecule has 1 atom stereocenters. The number of fused-ring (bicyclic) bond motifs is 1. The van der Waals surface area contributed by atoms with Gasteiger partial charge in [-0.05, 0) is 43.7 Å². The SMILES string of the molecule is CCOc1cc2c(cc1CNC(=O)NCc1ccc(-n3cccn3)nc1)O[C@H](C)C2. The molecule has 30 heavy (non-hydrogen) atoms. The van der Waals surface area contributed by atoms with Gasteiger partial charge in [0.05, 0.1) is 6.61 Å². The van der Waals surface area contributed by atoms with Crippen LogP contribution < -0.4 is 20.1 Å². The van der Waals surface area contributed by atoms with E-state index in [4.69, 9.17) is 9.47 Å². The lowest BCUT2D eigenvalue weighted by Gasteiger charge is -2.14. The van der Waals surface area contributed by atoms with Crippen molar-refractivity contribution >= 4 is 6.03 Å². The number of carbonyl (C=O) groups is 1. The minimum Gasteiger partial charge on any atom is -0.494 e. The number of urea groups is 1. The first-order chi connectivity index (χ1) is 14.6. The van der Waals surface area contributed by atoms with Crippen molar-refractivity contribution in [2.24, 2.45) is 0 Å². The molecule has 0 spiro atoms. The van der Waals surface area contributed by atoms with E-state index < -0.39 is 0 Å². The molecule has 1 aliphatic rings. The molecule has 3 aromatic rings. The number of amides is 2. The van der Waals surface area contributed by atoms with Crippen molar-refractivity contribution in [2.45, 2.75) is 39.5 Å². The van der Waals surface area contributed by atoms with E-state index in [1.165, 1.54) is 0 Å². The standard InChI is InChI=1S/C22H25N5O3/c1-3-29-19-10-17-9-15(2)30-20(17)11-18(19)14-25-22(28)24-13-16-5-6-21(23-12-16)27-8-4-7-26-27/h4-8,10-12,15H,3,9,13-14H2,1-2H3,(H2,24,25,28)/t15-/m1/s1. The van der Waals surface area contributed by atoms with Gasteiger partial charge in [-0.3, -0.25) is 0 Å². The maximum Gasteiger partial charge on any atom is 0.315 e. The fraction of sp³-hybridized carbons (Fsp3) is 0.318. The van der Waals surface area contributed by atoms with E-state index in [9.17, 15) is 4.79 Å². The zero-order valence-electron chi connectivity index (χ0n) is 17.1. The van der Waals surface area contributed by atoms with E-state index >= 15 is 0 Å². The van der Waals surface area contributed by atoms with Gasteiger partial charge in [0.1, 0.15) is 17.6 Å². The summed E-state index contributed by atoms with van der Waals surface area (Å²) in [6.07, 6.45) is 6.29. The summed E-state index contributed by atoms with van der Waals surface area (Å²) in [5.41, 5.74) is 2.94. The molecule has 2 N–H and O–H groups in total. The van der Waals surface area contributed by atoms with Gasteiger partial charge in [0.2, 0.25) is 0 Å². The Kier molecular flexibility index (Phi) is 5.83. The summed E-state index contributed by atoms with van der Waals surface area (Å²) in [4.78, 5) is 16.6. The molecular weight excluding hydrogens is 382 g/mol. The third-order valence-electron chi connectivity index (χ3n) is 4.82. The van der Waals surface area contributed by atoms with Crippen LogP contribution in [0.2, 0.25) is 0 Å². The van der Waals surface area contributed by atoms with Gasteiger partial charge in [0, 0.05) is 49.2 Å². The first kappa shape index (κ1) is 19.8. The highest BCUT2D eigenvalue weighted by molar-refractivity contribution is 5.74. The van der Waals surface area contributed by atoms with Gasteiger partial charge in [-0.1, -0.05) is 6.07 Å². The van der Waals surface area contributed by atoms with E-state index in [1.807, 2.05) is 50.4 Å². The zero-order chi connectivity index (χ0) is 20.9. The average Bonchev–Trinajstić information content (AvgIpc) is 3.40. The topological polar surface area (TPSA) is 90.3 Å². The highest BCUT2D eigenvalue weighted by Crippen LogP contribution is 2.35. The van der Waals surface area contributed by atoms with Crippen LogP contribution in [-0.2, 0) is 19.5 Å². The summed E-state index contributed by atoms with van der Waals surface area (Å²) in [5.74, 6) is 2.38. The van der Waals surface area contributed by atoms with Gasteiger partial charge in [-0.2, -0.15) is 5.10 Å². The molecule has 156 valence electrons. The predicted octanol–water partition coefficient (Wildman–Crippen LogP) is 2.99. The number of nitrogens with one attached hydrogen (secondary N) is 2. The van der Waals surface area contributed by atoms with Crippen LogP contribution in [0.1, 0.15) is 30.5 Å². The van der Waals surface area contributed by atoms with E-state index in [2.05, 4.69) is 20.7 Å². The molecule has 2 aromatic heterocycles. The molecule has 1 aliphatic heterocycles. The van der Waals surface area contributed by atoms with E-state index in [1.54, 1.807) is 17.1 Å². The van der Waals surface area contributed by atoms with Crippen LogP contribution in [0.3, 0.4) is 0 Å². The number of pyridine rings is 1. The molecular formula is C22H25N5O3. The van der Waals surface area contributed by atoms with Crippen LogP contribution in [0.25, 0.3) is 5.82 Å². The smallest absolute Gasteiger partial charge is 0.315 e. The van der Waals surface area contributed by atoms with E-state index in [0.717, 1.165) is 40.4 Å². The van der Waals surface area contributed by atoms with Gasteiger partial charge in [0.25, 0.3) is 0 Å². The number of benzene rings is 1. The second-order valence-corrected chi connectivity index (χ2v) is 7.14. The van der Waals surface area contributed by atoms with Crippen molar-refractivity contribution in [1.82, 2.24) is 25.4 Å². The molecule has 0 saturated carbocycles. The van der Waals surface area contributed by atoms with Gasteiger partial charge in [-0.15, -0.1) is 0 Å². The Balaban J connectivity index is 1.32. The van der Waals surface area contributed by atoms with Crippen molar-refractivity contribution in [1.29, 1.82) is 0 Å². The van der Waals surface area contributed by atoms with Gasteiger partial charge >= 0.3 is 6.03 Å². The molecule has 3 heterocycles. The second kappa shape index (κ2) is 8.86. The normalized spacial score (nSPS) is 14.7. The summed E-state index contributed by atoms with van der Waals surface area (Å²) in [6, 6.07) is 9.33. The van der Waals surface area contributed by atoms with Gasteiger partial charge < -0.3 is 20.1 Å².